The maximum atomic E-state index is 14.0. The number of aryl methyl sites for hydroxylation is 2. The van der Waals surface area contributed by atoms with Crippen LogP contribution in [0.5, 0.6) is 0 Å². The van der Waals surface area contributed by atoms with Crippen LogP contribution in [0.3, 0.4) is 0 Å². The first-order chi connectivity index (χ1) is 18.6. The second kappa shape index (κ2) is 13.8. The number of para-hydroxylation sites is 1. The summed E-state index contributed by atoms with van der Waals surface area (Å²) in [6, 6.07) is 20.4. The van der Waals surface area contributed by atoms with E-state index in [9.17, 15) is 18.0 Å². The van der Waals surface area contributed by atoms with Crippen LogP contribution in [0.2, 0.25) is 0 Å². The Morgan fingerprint density at radius 3 is 2.21 bits per heavy atom. The molecular formula is C30H36BrN3O4S. The number of nitrogens with zero attached hydrogens (tertiary/aromatic N) is 2. The van der Waals surface area contributed by atoms with Crippen molar-refractivity contribution in [1.29, 1.82) is 0 Å². The molecule has 0 aliphatic heterocycles. The molecule has 1 N–H and O–H groups in total. The third-order valence-electron chi connectivity index (χ3n) is 6.51. The zero-order valence-corrected chi connectivity index (χ0v) is 25.3. The first-order valence-electron chi connectivity index (χ1n) is 13.1. The molecule has 3 rings (SSSR count). The molecule has 0 aliphatic rings. The van der Waals surface area contributed by atoms with Crippen LogP contribution < -0.4 is 9.62 Å². The van der Waals surface area contributed by atoms with E-state index in [4.69, 9.17) is 0 Å². The Labute approximate surface area is 240 Å². The molecule has 208 valence electrons. The van der Waals surface area contributed by atoms with Gasteiger partial charge in [-0.3, -0.25) is 13.9 Å². The number of nitrogens with one attached hydrogen (secondary N) is 1. The average Bonchev–Trinajstić information content (AvgIpc) is 2.93. The predicted octanol–water partition coefficient (Wildman–Crippen LogP) is 5.46. The fraction of sp³-hybridized carbons (Fsp3) is 0.333. The van der Waals surface area contributed by atoms with Crippen molar-refractivity contribution in [2.24, 2.45) is 0 Å². The number of hydrogen-bond donors (Lipinski definition) is 1. The second-order valence-corrected chi connectivity index (χ2v) is 12.2. The largest absolute Gasteiger partial charge is 0.354 e. The van der Waals surface area contributed by atoms with Crippen molar-refractivity contribution in [3.8, 4) is 0 Å². The molecule has 2 amide bonds. The van der Waals surface area contributed by atoms with Gasteiger partial charge in [-0.25, -0.2) is 8.42 Å². The number of benzene rings is 3. The average molecular weight is 615 g/mol. The van der Waals surface area contributed by atoms with Crippen LogP contribution in [0, 0.1) is 6.92 Å². The zero-order valence-electron chi connectivity index (χ0n) is 22.9. The first kappa shape index (κ1) is 30.4. The Balaban J connectivity index is 2.05. The Morgan fingerprint density at radius 2 is 1.59 bits per heavy atom. The maximum Gasteiger partial charge on any atom is 0.264 e. The van der Waals surface area contributed by atoms with Gasteiger partial charge in [-0.1, -0.05) is 77.8 Å². The van der Waals surface area contributed by atoms with Gasteiger partial charge in [0.25, 0.3) is 10.0 Å². The molecule has 0 bridgehead atoms. The predicted molar refractivity (Wildman–Crippen MR) is 159 cm³/mol. The number of carbonyl (C=O) groups excluding carboxylic acids is 2. The topological polar surface area (TPSA) is 86.8 Å². The minimum atomic E-state index is -4.09. The van der Waals surface area contributed by atoms with Crippen LogP contribution in [0.25, 0.3) is 0 Å². The van der Waals surface area contributed by atoms with E-state index in [2.05, 4.69) is 21.2 Å². The van der Waals surface area contributed by atoms with E-state index in [1.54, 1.807) is 43.3 Å². The Kier molecular flexibility index (Phi) is 10.7. The van der Waals surface area contributed by atoms with Crippen molar-refractivity contribution >= 4 is 43.5 Å². The van der Waals surface area contributed by atoms with Crippen molar-refractivity contribution in [2.75, 3.05) is 17.4 Å². The fourth-order valence-corrected chi connectivity index (χ4v) is 5.89. The van der Waals surface area contributed by atoms with Crippen LogP contribution >= 0.6 is 15.9 Å². The van der Waals surface area contributed by atoms with E-state index < -0.39 is 28.5 Å². The molecule has 9 heteroatoms. The molecule has 39 heavy (non-hydrogen) atoms. The normalized spacial score (nSPS) is 12.0. The van der Waals surface area contributed by atoms with Gasteiger partial charge in [0, 0.05) is 17.6 Å². The lowest BCUT2D eigenvalue weighted by atomic mass is 10.1. The summed E-state index contributed by atoms with van der Waals surface area (Å²) in [5.41, 5.74) is 3.00. The summed E-state index contributed by atoms with van der Waals surface area (Å²) in [4.78, 5) is 28.5. The molecule has 3 aromatic carbocycles. The molecule has 0 fully saturated rings. The molecule has 0 aliphatic carbocycles. The number of hydrogen-bond acceptors (Lipinski definition) is 4. The zero-order chi connectivity index (χ0) is 28.6. The van der Waals surface area contributed by atoms with E-state index in [0.717, 1.165) is 27.6 Å². The summed E-state index contributed by atoms with van der Waals surface area (Å²) in [5, 5.41) is 2.85. The van der Waals surface area contributed by atoms with Gasteiger partial charge in [-0.15, -0.1) is 0 Å². The van der Waals surface area contributed by atoms with Crippen molar-refractivity contribution in [3.63, 3.8) is 0 Å². The van der Waals surface area contributed by atoms with Gasteiger partial charge in [0.2, 0.25) is 11.8 Å². The lowest BCUT2D eigenvalue weighted by Crippen LogP contribution is -2.51. The molecule has 7 nitrogen and oxygen atoms in total. The van der Waals surface area contributed by atoms with Crippen molar-refractivity contribution in [3.05, 3.63) is 94.0 Å². The number of anilines is 1. The summed E-state index contributed by atoms with van der Waals surface area (Å²) < 4.78 is 30.0. The Bertz CT molecular complexity index is 1380. The molecular weight excluding hydrogens is 578 g/mol. The van der Waals surface area contributed by atoms with Crippen LogP contribution in [0.1, 0.15) is 43.9 Å². The van der Waals surface area contributed by atoms with Gasteiger partial charge in [-0.2, -0.15) is 0 Å². The first-order valence-corrected chi connectivity index (χ1v) is 15.3. The van der Waals surface area contributed by atoms with Gasteiger partial charge >= 0.3 is 0 Å². The summed E-state index contributed by atoms with van der Waals surface area (Å²) in [6.07, 6.45) is 1.35. The van der Waals surface area contributed by atoms with Gasteiger partial charge in [0.05, 0.1) is 10.6 Å². The summed E-state index contributed by atoms with van der Waals surface area (Å²) in [7, 11) is -4.09. The van der Waals surface area contributed by atoms with Crippen molar-refractivity contribution < 1.29 is 18.0 Å². The minimum absolute atomic E-state index is 0.0972. The summed E-state index contributed by atoms with van der Waals surface area (Å²) >= 11 is 3.42. The highest BCUT2D eigenvalue weighted by Crippen LogP contribution is 2.28. The minimum Gasteiger partial charge on any atom is -0.354 e. The van der Waals surface area contributed by atoms with Crippen molar-refractivity contribution in [1.82, 2.24) is 10.2 Å². The van der Waals surface area contributed by atoms with Crippen LogP contribution in [-0.4, -0.2) is 44.3 Å². The third-order valence-corrected chi connectivity index (χ3v) is 8.81. The van der Waals surface area contributed by atoms with E-state index >= 15 is 0 Å². The van der Waals surface area contributed by atoms with Crippen molar-refractivity contribution in [2.45, 2.75) is 58.0 Å². The number of halogens is 1. The number of carbonyl (C=O) groups is 2. The number of amides is 2. The quantitative estimate of drug-likeness (QED) is 0.294. The lowest BCUT2D eigenvalue weighted by molar-refractivity contribution is -0.139. The van der Waals surface area contributed by atoms with Crippen LogP contribution in [-0.2, 0) is 32.6 Å². The van der Waals surface area contributed by atoms with E-state index in [1.807, 2.05) is 57.2 Å². The van der Waals surface area contributed by atoms with Crippen LogP contribution in [0.15, 0.2) is 82.2 Å². The molecule has 0 radical (unpaired) electrons. The highest BCUT2D eigenvalue weighted by atomic mass is 79.9. The standard InChI is InChI=1S/C30H36BrN3O4S/c1-5-19-32-30(36)23(4)33(20-24-13-15-26(31)16-14-24)29(35)21-34(28-10-8-7-9-25(28)6-2)39(37,38)27-17-11-22(3)12-18-27/h7-18,23H,5-6,19-21H2,1-4H3,(H,32,36)/t23-/m0/s1. The Hall–Kier alpha value is -3.17. The lowest BCUT2D eigenvalue weighted by Gasteiger charge is -2.32. The molecule has 3 aromatic rings. The van der Waals surface area contributed by atoms with Gasteiger partial charge in [0.15, 0.2) is 0 Å². The molecule has 0 spiro atoms. The molecule has 0 saturated carbocycles. The number of sulfonamides is 1. The highest BCUT2D eigenvalue weighted by Gasteiger charge is 2.33. The maximum absolute atomic E-state index is 14.0. The molecule has 0 saturated heterocycles. The second-order valence-electron chi connectivity index (χ2n) is 9.42. The third kappa shape index (κ3) is 7.70. The summed E-state index contributed by atoms with van der Waals surface area (Å²) in [5.74, 6) is -0.761. The molecule has 0 unspecified atom stereocenters. The van der Waals surface area contributed by atoms with Gasteiger partial charge in [0.1, 0.15) is 12.6 Å². The molecule has 1 atom stereocenters. The monoisotopic (exact) mass is 613 g/mol. The van der Waals surface area contributed by atoms with E-state index in [1.165, 1.54) is 9.21 Å². The highest BCUT2D eigenvalue weighted by molar-refractivity contribution is 9.10. The smallest absolute Gasteiger partial charge is 0.264 e. The van der Waals surface area contributed by atoms with Gasteiger partial charge < -0.3 is 10.2 Å². The summed E-state index contributed by atoms with van der Waals surface area (Å²) in [6.45, 7) is 7.64. The van der Waals surface area contributed by atoms with E-state index in [0.29, 0.717) is 18.7 Å². The fourth-order valence-electron chi connectivity index (χ4n) is 4.17. The van der Waals surface area contributed by atoms with E-state index in [-0.39, 0.29) is 17.3 Å². The Morgan fingerprint density at radius 1 is 0.949 bits per heavy atom. The molecule has 0 aromatic heterocycles. The SMILES string of the molecule is CCCNC(=O)[C@H](C)N(Cc1ccc(Br)cc1)C(=O)CN(c1ccccc1CC)S(=O)(=O)c1ccc(C)cc1. The van der Waals surface area contributed by atoms with Gasteiger partial charge in [-0.05, 0) is 68.1 Å². The number of rotatable bonds is 12. The molecule has 0 heterocycles. The van der Waals surface area contributed by atoms with Crippen LogP contribution in [0.4, 0.5) is 5.69 Å².